The summed E-state index contributed by atoms with van der Waals surface area (Å²) in [6, 6.07) is 1.44. The van der Waals surface area contributed by atoms with Crippen LogP contribution in [0.25, 0.3) is 0 Å². The largest absolute Gasteiger partial charge is 0.478 e. The first-order valence-corrected chi connectivity index (χ1v) is 7.17. The normalized spacial score (nSPS) is 16.8. The zero-order chi connectivity index (χ0) is 13.1. The maximum absolute atomic E-state index is 11.0. The Hall–Kier alpha value is -1.43. The van der Waals surface area contributed by atoms with Crippen molar-refractivity contribution in [3.05, 3.63) is 17.8 Å². The van der Waals surface area contributed by atoms with E-state index in [0.717, 1.165) is 25.9 Å². The van der Waals surface area contributed by atoms with E-state index in [1.807, 2.05) is 11.8 Å². The fourth-order valence-electron chi connectivity index (χ4n) is 2.20. The predicted octanol–water partition coefficient (Wildman–Crippen LogP) is 1.69. The number of anilines is 2. The van der Waals surface area contributed by atoms with Crippen LogP contribution >= 0.6 is 11.8 Å². The van der Waals surface area contributed by atoms with Crippen molar-refractivity contribution in [2.45, 2.75) is 18.1 Å². The fraction of sp³-hybridized carbons (Fsp3) is 0.500. The standard InChI is InChI=1S/C12H17N3O2S/c1-18-8-3-6-15(7-4-8)11-10(13)9(12(16)17)2-5-14-11/h2,5,8H,3-4,6-7,13H2,1H3,(H,16,17). The van der Waals surface area contributed by atoms with E-state index in [2.05, 4.69) is 16.1 Å². The predicted molar refractivity (Wildman–Crippen MR) is 74.4 cm³/mol. The van der Waals surface area contributed by atoms with Gasteiger partial charge >= 0.3 is 5.97 Å². The Kier molecular flexibility index (Phi) is 3.96. The number of nitrogens with zero attached hydrogens (tertiary/aromatic N) is 2. The fourth-order valence-corrected chi connectivity index (χ4v) is 2.89. The lowest BCUT2D eigenvalue weighted by molar-refractivity contribution is 0.0698. The number of rotatable bonds is 3. The van der Waals surface area contributed by atoms with Gasteiger partial charge in [0.2, 0.25) is 0 Å². The molecular formula is C12H17N3O2S. The highest BCUT2D eigenvalue weighted by molar-refractivity contribution is 7.99. The van der Waals surface area contributed by atoms with Gasteiger partial charge in [-0.05, 0) is 25.2 Å². The number of nitrogen functional groups attached to an aromatic ring is 1. The molecule has 1 aromatic heterocycles. The summed E-state index contributed by atoms with van der Waals surface area (Å²) in [5.74, 6) is -0.399. The van der Waals surface area contributed by atoms with Crippen LogP contribution in [0.3, 0.4) is 0 Å². The molecule has 0 saturated carbocycles. The monoisotopic (exact) mass is 267 g/mol. The first-order chi connectivity index (χ1) is 8.63. The maximum Gasteiger partial charge on any atom is 0.337 e. The number of aromatic carboxylic acids is 1. The molecular weight excluding hydrogens is 250 g/mol. The highest BCUT2D eigenvalue weighted by Crippen LogP contribution is 2.29. The van der Waals surface area contributed by atoms with E-state index in [1.54, 1.807) is 0 Å². The van der Waals surface area contributed by atoms with Gasteiger partial charge in [0, 0.05) is 24.5 Å². The highest BCUT2D eigenvalue weighted by Gasteiger charge is 2.22. The van der Waals surface area contributed by atoms with Gasteiger partial charge in [-0.1, -0.05) is 0 Å². The molecule has 2 rings (SSSR count). The first kappa shape index (κ1) is 13.0. The van der Waals surface area contributed by atoms with Crippen LogP contribution in [0.4, 0.5) is 11.5 Å². The zero-order valence-corrected chi connectivity index (χ0v) is 11.1. The summed E-state index contributed by atoms with van der Waals surface area (Å²) in [7, 11) is 0. The Bertz CT molecular complexity index is 445. The van der Waals surface area contributed by atoms with Crippen LogP contribution in [-0.4, -0.2) is 40.7 Å². The van der Waals surface area contributed by atoms with Crippen molar-refractivity contribution in [2.75, 3.05) is 30.0 Å². The number of carboxylic acids is 1. The van der Waals surface area contributed by atoms with E-state index in [1.165, 1.54) is 12.3 Å². The molecule has 3 N–H and O–H groups in total. The van der Waals surface area contributed by atoms with Crippen molar-refractivity contribution in [1.29, 1.82) is 0 Å². The highest BCUT2D eigenvalue weighted by atomic mass is 32.2. The molecule has 0 aromatic carbocycles. The summed E-state index contributed by atoms with van der Waals surface area (Å²) >= 11 is 1.88. The van der Waals surface area contributed by atoms with Crippen molar-refractivity contribution in [3.8, 4) is 0 Å². The molecule has 2 heterocycles. The summed E-state index contributed by atoms with van der Waals surface area (Å²) in [5.41, 5.74) is 6.29. The lowest BCUT2D eigenvalue weighted by Crippen LogP contribution is -2.36. The molecule has 0 amide bonds. The molecule has 0 spiro atoms. The van der Waals surface area contributed by atoms with Crippen LogP contribution in [0.2, 0.25) is 0 Å². The second kappa shape index (κ2) is 5.48. The van der Waals surface area contributed by atoms with Crippen molar-refractivity contribution >= 4 is 29.2 Å². The Morgan fingerprint density at radius 2 is 2.22 bits per heavy atom. The maximum atomic E-state index is 11.0. The number of thioether (sulfide) groups is 1. The second-order valence-electron chi connectivity index (χ2n) is 4.32. The van der Waals surface area contributed by atoms with Gasteiger partial charge in [0.1, 0.15) is 0 Å². The average molecular weight is 267 g/mol. The Labute approximate surface area is 110 Å². The average Bonchev–Trinajstić information content (AvgIpc) is 2.39. The van der Waals surface area contributed by atoms with Crippen molar-refractivity contribution in [1.82, 2.24) is 4.98 Å². The van der Waals surface area contributed by atoms with Crippen LogP contribution in [-0.2, 0) is 0 Å². The number of hydrogen-bond donors (Lipinski definition) is 2. The topological polar surface area (TPSA) is 79.5 Å². The van der Waals surface area contributed by atoms with Crippen LogP contribution in [0.1, 0.15) is 23.2 Å². The minimum absolute atomic E-state index is 0.131. The minimum atomic E-state index is -1.00. The lowest BCUT2D eigenvalue weighted by atomic mass is 10.1. The SMILES string of the molecule is CSC1CCN(c2nccc(C(=O)O)c2N)CC1. The third kappa shape index (κ3) is 2.53. The van der Waals surface area contributed by atoms with E-state index >= 15 is 0 Å². The molecule has 1 saturated heterocycles. The number of aromatic nitrogens is 1. The summed E-state index contributed by atoms with van der Waals surface area (Å²) in [5, 5.41) is 9.72. The number of hydrogen-bond acceptors (Lipinski definition) is 5. The van der Waals surface area contributed by atoms with Gasteiger partial charge < -0.3 is 15.7 Å². The summed E-state index contributed by atoms with van der Waals surface area (Å²) in [4.78, 5) is 17.3. The molecule has 1 fully saturated rings. The van der Waals surface area contributed by atoms with Crippen LogP contribution < -0.4 is 10.6 Å². The van der Waals surface area contributed by atoms with Crippen LogP contribution in [0.15, 0.2) is 12.3 Å². The Balaban J connectivity index is 2.19. The summed E-state index contributed by atoms with van der Waals surface area (Å²) in [6.07, 6.45) is 5.80. The lowest BCUT2D eigenvalue weighted by Gasteiger charge is -2.32. The molecule has 6 heteroatoms. The van der Waals surface area contributed by atoms with Gasteiger partial charge in [-0.15, -0.1) is 0 Å². The molecule has 5 nitrogen and oxygen atoms in total. The number of piperidine rings is 1. The quantitative estimate of drug-likeness (QED) is 0.867. The molecule has 0 atom stereocenters. The van der Waals surface area contributed by atoms with Crippen LogP contribution in [0.5, 0.6) is 0 Å². The third-order valence-electron chi connectivity index (χ3n) is 3.27. The Morgan fingerprint density at radius 3 is 2.78 bits per heavy atom. The van der Waals surface area contributed by atoms with E-state index < -0.39 is 5.97 Å². The molecule has 18 heavy (non-hydrogen) atoms. The van der Waals surface area contributed by atoms with Gasteiger partial charge in [-0.3, -0.25) is 0 Å². The number of nitrogens with two attached hydrogens (primary N) is 1. The summed E-state index contributed by atoms with van der Waals surface area (Å²) in [6.45, 7) is 1.76. The first-order valence-electron chi connectivity index (χ1n) is 5.89. The second-order valence-corrected chi connectivity index (χ2v) is 5.46. The number of pyridine rings is 1. The van der Waals surface area contributed by atoms with E-state index in [9.17, 15) is 4.79 Å². The molecule has 0 bridgehead atoms. The zero-order valence-electron chi connectivity index (χ0n) is 10.3. The molecule has 0 unspecified atom stereocenters. The minimum Gasteiger partial charge on any atom is -0.478 e. The van der Waals surface area contributed by atoms with E-state index in [-0.39, 0.29) is 11.3 Å². The summed E-state index contributed by atoms with van der Waals surface area (Å²) < 4.78 is 0. The molecule has 98 valence electrons. The van der Waals surface area contributed by atoms with Gasteiger partial charge in [0.15, 0.2) is 5.82 Å². The van der Waals surface area contributed by atoms with E-state index in [4.69, 9.17) is 10.8 Å². The van der Waals surface area contributed by atoms with Gasteiger partial charge in [-0.2, -0.15) is 11.8 Å². The van der Waals surface area contributed by atoms with Gasteiger partial charge in [-0.25, -0.2) is 9.78 Å². The van der Waals surface area contributed by atoms with Crippen molar-refractivity contribution < 1.29 is 9.90 Å². The smallest absolute Gasteiger partial charge is 0.337 e. The molecule has 1 aromatic rings. The number of carbonyl (C=O) groups is 1. The van der Waals surface area contributed by atoms with Crippen molar-refractivity contribution in [2.24, 2.45) is 0 Å². The molecule has 0 aliphatic carbocycles. The molecule has 1 aliphatic heterocycles. The number of carboxylic acid groups (broad SMARTS) is 1. The third-order valence-corrected chi connectivity index (χ3v) is 4.41. The van der Waals surface area contributed by atoms with Crippen LogP contribution in [0, 0.1) is 0 Å². The Morgan fingerprint density at radius 1 is 1.56 bits per heavy atom. The van der Waals surface area contributed by atoms with Crippen molar-refractivity contribution in [3.63, 3.8) is 0 Å². The molecule has 0 radical (unpaired) electrons. The van der Waals surface area contributed by atoms with E-state index in [0.29, 0.717) is 11.1 Å². The molecule has 1 aliphatic rings. The van der Waals surface area contributed by atoms with Gasteiger partial charge in [0.05, 0.1) is 11.3 Å². The van der Waals surface area contributed by atoms with Gasteiger partial charge in [0.25, 0.3) is 0 Å².